The third-order valence-electron chi connectivity index (χ3n) is 6.15. The number of hydrogen-bond donors (Lipinski definition) is 0. The molecule has 0 N–H and O–H groups in total. The van der Waals surface area contributed by atoms with E-state index in [2.05, 4.69) is 4.98 Å². The number of benzene rings is 2. The molecular formula is C23H15F3N2O4. The average molecular weight is 440 g/mol. The average Bonchev–Trinajstić information content (AvgIpc) is 3.45. The zero-order chi connectivity index (χ0) is 22.1. The summed E-state index contributed by atoms with van der Waals surface area (Å²) >= 11 is 0. The molecule has 0 radical (unpaired) electrons. The van der Waals surface area contributed by atoms with Crippen LogP contribution in [0.2, 0.25) is 0 Å². The quantitative estimate of drug-likeness (QED) is 0.602. The highest BCUT2D eigenvalue weighted by molar-refractivity contribution is 6.11. The molecule has 1 amide bonds. The van der Waals surface area contributed by atoms with Crippen LogP contribution in [0.5, 0.6) is 17.2 Å². The summed E-state index contributed by atoms with van der Waals surface area (Å²) in [6.07, 6.45) is -3.29. The van der Waals surface area contributed by atoms with Crippen LogP contribution in [-0.4, -0.2) is 24.3 Å². The number of carbonyl (C=O) groups is 1. The van der Waals surface area contributed by atoms with Gasteiger partial charge in [0.15, 0.2) is 11.5 Å². The van der Waals surface area contributed by atoms with Gasteiger partial charge in [-0.15, -0.1) is 0 Å². The van der Waals surface area contributed by atoms with Gasteiger partial charge in [0.2, 0.25) is 12.7 Å². The van der Waals surface area contributed by atoms with Gasteiger partial charge in [-0.3, -0.25) is 9.78 Å². The van der Waals surface area contributed by atoms with Gasteiger partial charge in [0.05, 0.1) is 17.8 Å². The smallest absolute Gasteiger partial charge is 0.418 e. The van der Waals surface area contributed by atoms with Crippen molar-refractivity contribution in [1.82, 2.24) is 4.98 Å². The first kappa shape index (κ1) is 19.0. The van der Waals surface area contributed by atoms with Crippen molar-refractivity contribution in [2.75, 3.05) is 18.3 Å². The highest BCUT2D eigenvalue weighted by Gasteiger charge is 2.57. The molecule has 6 nitrogen and oxygen atoms in total. The van der Waals surface area contributed by atoms with Crippen LogP contribution in [0.25, 0.3) is 0 Å². The van der Waals surface area contributed by atoms with Gasteiger partial charge in [0.25, 0.3) is 0 Å². The van der Waals surface area contributed by atoms with Crippen LogP contribution in [0.4, 0.5) is 18.9 Å². The van der Waals surface area contributed by atoms with Gasteiger partial charge >= 0.3 is 6.18 Å². The Kier molecular flexibility index (Phi) is 3.78. The van der Waals surface area contributed by atoms with Gasteiger partial charge in [-0.05, 0) is 29.8 Å². The van der Waals surface area contributed by atoms with E-state index in [9.17, 15) is 18.0 Å². The molecule has 0 fully saturated rings. The topological polar surface area (TPSA) is 60.9 Å². The van der Waals surface area contributed by atoms with E-state index in [1.165, 1.54) is 17.2 Å². The number of para-hydroxylation sites is 1. The molecular weight excluding hydrogens is 425 g/mol. The summed E-state index contributed by atoms with van der Waals surface area (Å²) in [5, 5.41) is 0. The molecule has 1 aromatic heterocycles. The largest absolute Gasteiger partial charge is 0.491 e. The van der Waals surface area contributed by atoms with Crippen LogP contribution in [0.3, 0.4) is 0 Å². The van der Waals surface area contributed by atoms with E-state index in [-0.39, 0.29) is 31.5 Å². The zero-order valence-corrected chi connectivity index (χ0v) is 16.5. The van der Waals surface area contributed by atoms with Crippen LogP contribution in [0.15, 0.2) is 54.7 Å². The number of halogens is 3. The van der Waals surface area contributed by atoms with E-state index >= 15 is 0 Å². The van der Waals surface area contributed by atoms with Crippen molar-refractivity contribution in [3.8, 4) is 17.2 Å². The first-order valence-corrected chi connectivity index (χ1v) is 9.89. The van der Waals surface area contributed by atoms with Crippen molar-refractivity contribution >= 4 is 11.6 Å². The molecule has 4 heterocycles. The molecule has 1 spiro atoms. The van der Waals surface area contributed by atoms with E-state index in [0.29, 0.717) is 34.1 Å². The summed E-state index contributed by atoms with van der Waals surface area (Å²) in [7, 11) is 0. The maximum atomic E-state index is 13.9. The lowest BCUT2D eigenvalue weighted by Gasteiger charge is -2.24. The summed E-state index contributed by atoms with van der Waals surface area (Å²) in [4.78, 5) is 19.2. The number of hydrogen-bond acceptors (Lipinski definition) is 5. The summed E-state index contributed by atoms with van der Waals surface area (Å²) in [6.45, 7) is -0.207. The number of alkyl halides is 3. The van der Waals surface area contributed by atoms with Gasteiger partial charge in [-0.1, -0.05) is 18.2 Å². The molecule has 0 saturated carbocycles. The lowest BCUT2D eigenvalue weighted by molar-refractivity contribution is -0.138. The van der Waals surface area contributed by atoms with E-state index in [1.54, 1.807) is 36.4 Å². The Bertz CT molecular complexity index is 1280. The normalized spacial score (nSPS) is 20.5. The van der Waals surface area contributed by atoms with Crippen molar-refractivity contribution in [2.24, 2.45) is 0 Å². The molecule has 0 bridgehead atoms. The molecule has 1 atom stereocenters. The van der Waals surface area contributed by atoms with Gasteiger partial charge in [0, 0.05) is 23.5 Å². The third kappa shape index (κ3) is 2.47. The van der Waals surface area contributed by atoms with E-state index in [1.807, 2.05) is 0 Å². The van der Waals surface area contributed by atoms with Gasteiger partial charge < -0.3 is 19.1 Å². The zero-order valence-electron chi connectivity index (χ0n) is 16.5. The number of carbonyl (C=O) groups excluding carboxylic acids is 1. The summed E-state index contributed by atoms with van der Waals surface area (Å²) in [6, 6.07) is 12.7. The molecule has 3 aromatic rings. The Morgan fingerprint density at radius 2 is 1.75 bits per heavy atom. The van der Waals surface area contributed by atoms with Crippen molar-refractivity contribution in [1.29, 1.82) is 0 Å². The second kappa shape index (κ2) is 6.38. The molecule has 9 heteroatoms. The van der Waals surface area contributed by atoms with Crippen molar-refractivity contribution in [3.63, 3.8) is 0 Å². The molecule has 0 aliphatic carbocycles. The predicted octanol–water partition coefficient (Wildman–Crippen LogP) is 4.05. The lowest BCUT2D eigenvalue weighted by Crippen LogP contribution is -2.42. The van der Waals surface area contributed by atoms with Crippen molar-refractivity contribution < 1.29 is 32.2 Å². The third-order valence-corrected chi connectivity index (χ3v) is 6.15. The van der Waals surface area contributed by atoms with E-state index < -0.39 is 17.2 Å². The Hall–Kier alpha value is -3.75. The summed E-state index contributed by atoms with van der Waals surface area (Å²) in [5.41, 5.74) is -0.445. The SMILES string of the molecule is O=C1N(Cc2ncccc2C(F)(F)F)c2ccccc2C12COc1cc3c(cc12)OCO3. The van der Waals surface area contributed by atoms with Crippen LogP contribution in [0.1, 0.15) is 22.4 Å². The molecule has 6 rings (SSSR count). The molecule has 32 heavy (non-hydrogen) atoms. The number of nitrogens with zero attached hydrogens (tertiary/aromatic N) is 2. The first-order chi connectivity index (χ1) is 15.4. The Morgan fingerprint density at radius 3 is 2.56 bits per heavy atom. The minimum absolute atomic E-state index is 0.0337. The minimum atomic E-state index is -4.58. The molecule has 0 saturated heterocycles. The Balaban J connectivity index is 1.49. The molecule has 162 valence electrons. The van der Waals surface area contributed by atoms with Gasteiger partial charge in [-0.25, -0.2) is 0 Å². The summed E-state index contributed by atoms with van der Waals surface area (Å²) in [5.74, 6) is 1.16. The van der Waals surface area contributed by atoms with E-state index in [4.69, 9.17) is 14.2 Å². The maximum absolute atomic E-state index is 13.9. The molecule has 3 aliphatic rings. The van der Waals surface area contributed by atoms with E-state index in [0.717, 1.165) is 6.07 Å². The standard InChI is InChI=1S/C23H15F3N2O4/c24-23(25,26)13-5-3-7-27-16(13)10-28-17-6-2-1-4-14(17)22(21(28)29)11-30-18-9-20-19(8-15(18)22)31-12-32-20/h1-9H,10-12H2. The lowest BCUT2D eigenvalue weighted by atomic mass is 9.77. The first-order valence-electron chi connectivity index (χ1n) is 9.89. The van der Waals surface area contributed by atoms with Gasteiger partial charge in [0.1, 0.15) is 17.8 Å². The van der Waals surface area contributed by atoms with Crippen LogP contribution < -0.4 is 19.1 Å². The van der Waals surface area contributed by atoms with Crippen LogP contribution in [0, 0.1) is 0 Å². The van der Waals surface area contributed by atoms with Gasteiger partial charge in [-0.2, -0.15) is 13.2 Å². The number of ether oxygens (including phenoxy) is 3. The number of pyridine rings is 1. The monoisotopic (exact) mass is 440 g/mol. The number of rotatable bonds is 2. The fourth-order valence-electron chi connectivity index (χ4n) is 4.69. The van der Waals surface area contributed by atoms with Crippen LogP contribution in [-0.2, 0) is 22.9 Å². The number of fused-ring (bicyclic) bond motifs is 5. The second-order valence-electron chi connectivity index (χ2n) is 7.80. The van der Waals surface area contributed by atoms with Crippen molar-refractivity contribution in [3.05, 3.63) is 77.1 Å². The maximum Gasteiger partial charge on any atom is 0.418 e. The number of aromatic nitrogens is 1. The molecule has 2 aromatic carbocycles. The summed E-state index contributed by atoms with van der Waals surface area (Å²) < 4.78 is 57.4. The number of amides is 1. The molecule has 1 unspecified atom stereocenters. The highest BCUT2D eigenvalue weighted by Crippen LogP contribution is 2.55. The number of anilines is 1. The highest BCUT2D eigenvalue weighted by atomic mass is 19.4. The minimum Gasteiger partial charge on any atom is -0.491 e. The van der Waals surface area contributed by atoms with Crippen LogP contribution >= 0.6 is 0 Å². The second-order valence-corrected chi connectivity index (χ2v) is 7.80. The Labute approximate surface area is 180 Å². The fourth-order valence-corrected chi connectivity index (χ4v) is 4.69. The predicted molar refractivity (Wildman–Crippen MR) is 106 cm³/mol. The fraction of sp³-hybridized carbons (Fsp3) is 0.217. The Morgan fingerprint density at radius 1 is 0.969 bits per heavy atom. The molecule has 3 aliphatic heterocycles. The van der Waals surface area contributed by atoms with Crippen molar-refractivity contribution in [2.45, 2.75) is 18.1 Å².